The minimum absolute atomic E-state index is 0.0618. The Morgan fingerprint density at radius 2 is 1.50 bits per heavy atom. The topological polar surface area (TPSA) is 162 Å². The molecular weight excluding hydrogens is 308 g/mol. The molecule has 0 spiro atoms. The van der Waals surface area contributed by atoms with Crippen molar-refractivity contribution < 1.29 is 9.59 Å². The van der Waals surface area contributed by atoms with Gasteiger partial charge in [0, 0.05) is 25.9 Å². The Labute approximate surface area is 142 Å². The van der Waals surface area contributed by atoms with E-state index in [0.29, 0.717) is 13.1 Å². The van der Waals surface area contributed by atoms with Gasteiger partial charge in [-0.25, -0.2) is 11.7 Å². The van der Waals surface area contributed by atoms with Gasteiger partial charge < -0.3 is 11.5 Å². The van der Waals surface area contributed by atoms with Crippen LogP contribution >= 0.6 is 0 Å². The maximum absolute atomic E-state index is 11.6. The lowest BCUT2D eigenvalue weighted by atomic mass is 9.82. The molecule has 24 heavy (non-hydrogen) atoms. The van der Waals surface area contributed by atoms with E-state index in [0.717, 1.165) is 22.3 Å². The predicted octanol–water partition coefficient (Wildman–Crippen LogP) is -0.429. The highest BCUT2D eigenvalue weighted by Crippen LogP contribution is 2.33. The lowest BCUT2D eigenvalue weighted by Gasteiger charge is -2.24. The minimum atomic E-state index is -0.255. The fourth-order valence-electron chi connectivity index (χ4n) is 3.10. The van der Waals surface area contributed by atoms with Crippen molar-refractivity contribution in [2.75, 3.05) is 0 Å². The van der Waals surface area contributed by atoms with Crippen molar-refractivity contribution in [2.24, 2.45) is 23.2 Å². The Morgan fingerprint density at radius 1 is 0.958 bits per heavy atom. The molecule has 0 heterocycles. The smallest absolute Gasteiger partial charge is 0.234 e. The van der Waals surface area contributed by atoms with Crippen LogP contribution in [0, 0.1) is 0 Å². The Morgan fingerprint density at radius 3 is 1.96 bits per heavy atom. The highest BCUT2D eigenvalue weighted by molar-refractivity contribution is 5.77. The summed E-state index contributed by atoms with van der Waals surface area (Å²) in [6.07, 6.45) is 0.486. The third-order valence-corrected chi connectivity index (χ3v) is 4.24. The summed E-state index contributed by atoms with van der Waals surface area (Å²) in [5.74, 6) is 9.69. The van der Waals surface area contributed by atoms with Crippen molar-refractivity contribution in [3.8, 4) is 0 Å². The van der Waals surface area contributed by atoms with Crippen LogP contribution < -0.4 is 34.0 Å². The quantitative estimate of drug-likeness (QED) is 0.214. The van der Waals surface area contributed by atoms with E-state index in [4.69, 9.17) is 23.2 Å². The molecule has 1 aromatic rings. The Balaban J connectivity index is 3.31. The molecular formula is C16H28N6O2. The van der Waals surface area contributed by atoms with E-state index in [1.54, 1.807) is 0 Å². The zero-order valence-electron chi connectivity index (χ0n) is 14.3. The Hall–Kier alpha value is -2.00. The third-order valence-electron chi connectivity index (χ3n) is 4.24. The molecule has 134 valence electrons. The van der Waals surface area contributed by atoms with Gasteiger partial charge in [-0.1, -0.05) is 26.0 Å². The first-order chi connectivity index (χ1) is 11.4. The number of amides is 2. The Bertz CT molecular complexity index is 590. The van der Waals surface area contributed by atoms with Crippen LogP contribution in [0.5, 0.6) is 0 Å². The average Bonchev–Trinajstić information content (AvgIpc) is 2.59. The van der Waals surface area contributed by atoms with Gasteiger partial charge >= 0.3 is 0 Å². The molecule has 2 amide bonds. The number of hydrogen-bond acceptors (Lipinski definition) is 6. The van der Waals surface area contributed by atoms with E-state index in [2.05, 4.69) is 10.9 Å². The molecule has 1 aromatic carbocycles. The lowest BCUT2D eigenvalue weighted by Crippen LogP contribution is -2.31. The van der Waals surface area contributed by atoms with Crippen molar-refractivity contribution in [3.05, 3.63) is 34.4 Å². The maximum Gasteiger partial charge on any atom is 0.234 e. The first kappa shape index (κ1) is 20.0. The van der Waals surface area contributed by atoms with E-state index >= 15 is 0 Å². The standard InChI is InChI=1S/C16H28N6O2/c1-9(5-14(23)21-19)12-4-3-11(7-17)16(13(12)8-18)10(2)6-15(24)22-20/h3-4,9-10H,5-8,17-20H2,1-2H3,(H,21,23)(H,22,24). The van der Waals surface area contributed by atoms with Gasteiger partial charge in [0.05, 0.1) is 0 Å². The van der Waals surface area contributed by atoms with Crippen LogP contribution in [0.2, 0.25) is 0 Å². The summed E-state index contributed by atoms with van der Waals surface area (Å²) in [5.41, 5.74) is 19.9. The fraction of sp³-hybridized carbons (Fsp3) is 0.500. The number of nitrogens with one attached hydrogen (secondary N) is 2. The van der Waals surface area contributed by atoms with Gasteiger partial charge in [0.1, 0.15) is 0 Å². The first-order valence-corrected chi connectivity index (χ1v) is 7.93. The van der Waals surface area contributed by atoms with Crippen molar-refractivity contribution in [1.29, 1.82) is 0 Å². The molecule has 2 unspecified atom stereocenters. The number of carbonyl (C=O) groups excluding carboxylic acids is 2. The average molecular weight is 336 g/mol. The number of rotatable bonds is 8. The van der Waals surface area contributed by atoms with Gasteiger partial charge in [0.15, 0.2) is 0 Å². The maximum atomic E-state index is 11.6. The van der Waals surface area contributed by atoms with E-state index in [-0.39, 0.29) is 36.5 Å². The molecule has 8 heteroatoms. The number of hydrazine groups is 2. The fourth-order valence-corrected chi connectivity index (χ4v) is 3.10. The van der Waals surface area contributed by atoms with Gasteiger partial charge in [-0.05, 0) is 34.1 Å². The van der Waals surface area contributed by atoms with E-state index in [9.17, 15) is 9.59 Å². The number of benzene rings is 1. The monoisotopic (exact) mass is 336 g/mol. The van der Waals surface area contributed by atoms with Gasteiger partial charge in [0.25, 0.3) is 0 Å². The van der Waals surface area contributed by atoms with Crippen LogP contribution in [0.4, 0.5) is 0 Å². The van der Waals surface area contributed by atoms with Crippen LogP contribution in [-0.4, -0.2) is 11.8 Å². The van der Waals surface area contributed by atoms with Crippen LogP contribution in [0.1, 0.15) is 60.8 Å². The summed E-state index contributed by atoms with van der Waals surface area (Å²) in [6, 6.07) is 3.87. The van der Waals surface area contributed by atoms with Crippen molar-refractivity contribution in [2.45, 2.75) is 51.6 Å². The summed E-state index contributed by atoms with van der Waals surface area (Å²) >= 11 is 0. The normalized spacial score (nSPS) is 13.2. The molecule has 10 N–H and O–H groups in total. The molecule has 8 nitrogen and oxygen atoms in total. The van der Waals surface area contributed by atoms with Crippen molar-refractivity contribution >= 4 is 11.8 Å². The van der Waals surface area contributed by atoms with Crippen molar-refractivity contribution in [1.82, 2.24) is 10.9 Å². The second kappa shape index (κ2) is 9.33. The second-order valence-corrected chi connectivity index (χ2v) is 5.96. The van der Waals surface area contributed by atoms with Gasteiger partial charge in [-0.15, -0.1) is 0 Å². The molecule has 0 aliphatic carbocycles. The summed E-state index contributed by atoms with van der Waals surface area (Å²) < 4.78 is 0. The molecule has 1 rings (SSSR count). The summed E-state index contributed by atoms with van der Waals surface area (Å²) in [5, 5.41) is 0. The zero-order valence-corrected chi connectivity index (χ0v) is 14.3. The SMILES string of the molecule is CC(CC(=O)NN)c1ccc(CN)c(C(C)CC(=O)NN)c1CN. The molecule has 0 fully saturated rings. The molecule has 2 atom stereocenters. The highest BCUT2D eigenvalue weighted by atomic mass is 16.2. The highest BCUT2D eigenvalue weighted by Gasteiger charge is 2.22. The van der Waals surface area contributed by atoms with Crippen LogP contribution in [0.15, 0.2) is 12.1 Å². The van der Waals surface area contributed by atoms with E-state index in [1.165, 1.54) is 0 Å². The van der Waals surface area contributed by atoms with E-state index in [1.807, 2.05) is 26.0 Å². The summed E-state index contributed by atoms with van der Waals surface area (Å²) in [4.78, 5) is 23.2. The Kier molecular flexibility index (Phi) is 7.80. The molecule has 0 bridgehead atoms. The summed E-state index contributed by atoms with van der Waals surface area (Å²) in [7, 11) is 0. The zero-order chi connectivity index (χ0) is 18.3. The van der Waals surface area contributed by atoms with Gasteiger partial charge in [-0.3, -0.25) is 20.4 Å². The number of nitrogens with two attached hydrogens (primary N) is 4. The molecule has 0 aliphatic rings. The van der Waals surface area contributed by atoms with Crippen LogP contribution in [0.25, 0.3) is 0 Å². The molecule has 0 aromatic heterocycles. The predicted molar refractivity (Wildman–Crippen MR) is 92.9 cm³/mol. The van der Waals surface area contributed by atoms with Gasteiger partial charge in [-0.2, -0.15) is 0 Å². The summed E-state index contributed by atoms with van der Waals surface area (Å²) in [6.45, 7) is 4.51. The first-order valence-electron chi connectivity index (χ1n) is 7.93. The largest absolute Gasteiger partial charge is 0.326 e. The van der Waals surface area contributed by atoms with Gasteiger partial charge in [0.2, 0.25) is 11.8 Å². The third kappa shape index (κ3) is 4.75. The molecule has 0 saturated heterocycles. The second-order valence-electron chi connectivity index (χ2n) is 5.96. The van der Waals surface area contributed by atoms with Crippen molar-refractivity contribution in [3.63, 3.8) is 0 Å². The number of hydrogen-bond donors (Lipinski definition) is 6. The van der Waals surface area contributed by atoms with Crippen LogP contribution in [0.3, 0.4) is 0 Å². The van der Waals surface area contributed by atoms with E-state index < -0.39 is 0 Å². The molecule has 0 aliphatic heterocycles. The number of carbonyl (C=O) groups is 2. The van der Waals surface area contributed by atoms with Crippen LogP contribution in [-0.2, 0) is 22.7 Å². The lowest BCUT2D eigenvalue weighted by molar-refractivity contribution is -0.122. The molecule has 0 saturated carbocycles. The minimum Gasteiger partial charge on any atom is -0.326 e. The molecule has 0 radical (unpaired) electrons.